The molecule has 1 aliphatic carbocycles. The Bertz CT molecular complexity index is 834. The molecule has 136 valence electrons. The molecule has 5 nitrogen and oxygen atoms in total. The summed E-state index contributed by atoms with van der Waals surface area (Å²) >= 11 is 0. The van der Waals surface area contributed by atoms with Crippen LogP contribution in [0.2, 0.25) is 0 Å². The van der Waals surface area contributed by atoms with Crippen molar-refractivity contribution in [1.29, 1.82) is 0 Å². The molecule has 0 spiro atoms. The molecule has 3 N–H and O–H groups in total. The summed E-state index contributed by atoms with van der Waals surface area (Å²) in [6.45, 7) is 0. The highest BCUT2D eigenvalue weighted by atomic mass is 19.4. The van der Waals surface area contributed by atoms with Gasteiger partial charge < -0.3 is 15.7 Å². The van der Waals surface area contributed by atoms with Gasteiger partial charge in [0.2, 0.25) is 0 Å². The van der Waals surface area contributed by atoms with Crippen molar-refractivity contribution in [1.82, 2.24) is 5.32 Å². The second-order valence-electron chi connectivity index (χ2n) is 6.05. The van der Waals surface area contributed by atoms with E-state index < -0.39 is 23.7 Å². The van der Waals surface area contributed by atoms with Crippen LogP contribution in [0.1, 0.15) is 33.8 Å². The van der Waals surface area contributed by atoms with Crippen molar-refractivity contribution >= 4 is 17.7 Å². The van der Waals surface area contributed by atoms with E-state index in [-0.39, 0.29) is 17.5 Å². The van der Waals surface area contributed by atoms with E-state index in [0.29, 0.717) is 12.1 Å². The maximum absolute atomic E-state index is 12.7. The second-order valence-corrected chi connectivity index (χ2v) is 6.05. The molecule has 0 aliphatic heterocycles. The smallest absolute Gasteiger partial charge is 0.416 e. The summed E-state index contributed by atoms with van der Waals surface area (Å²) in [6, 6.07) is 10.9. The highest BCUT2D eigenvalue weighted by Gasteiger charge is 2.39. The van der Waals surface area contributed by atoms with Crippen LogP contribution >= 0.6 is 0 Å². The average molecular weight is 364 g/mol. The largest absolute Gasteiger partial charge is 0.465 e. The number of nitrogens with one attached hydrogen (secondary N) is 2. The minimum atomic E-state index is -4.51. The van der Waals surface area contributed by atoms with Gasteiger partial charge >= 0.3 is 12.3 Å². The van der Waals surface area contributed by atoms with Crippen LogP contribution in [-0.4, -0.2) is 23.1 Å². The Labute approximate surface area is 146 Å². The fourth-order valence-electron chi connectivity index (χ4n) is 2.74. The molecule has 1 aliphatic rings. The number of benzene rings is 2. The predicted molar refractivity (Wildman–Crippen MR) is 88.1 cm³/mol. The third-order valence-electron chi connectivity index (χ3n) is 4.15. The topological polar surface area (TPSA) is 78.4 Å². The molecule has 2 atom stereocenters. The number of halogens is 3. The molecule has 2 amide bonds. The van der Waals surface area contributed by atoms with Gasteiger partial charge in [-0.2, -0.15) is 13.2 Å². The number of alkyl halides is 3. The Morgan fingerprint density at radius 2 is 1.77 bits per heavy atom. The molecule has 8 heteroatoms. The summed E-state index contributed by atoms with van der Waals surface area (Å²) < 4.78 is 38.2. The molecule has 0 aromatic heterocycles. The van der Waals surface area contributed by atoms with Crippen molar-refractivity contribution in [3.05, 3.63) is 65.2 Å². The highest BCUT2D eigenvalue weighted by molar-refractivity contribution is 6.04. The van der Waals surface area contributed by atoms with E-state index in [1.54, 1.807) is 24.3 Å². The lowest BCUT2D eigenvalue weighted by Gasteiger charge is -2.10. The Morgan fingerprint density at radius 1 is 1.08 bits per heavy atom. The van der Waals surface area contributed by atoms with Crippen LogP contribution in [0.4, 0.5) is 23.7 Å². The first-order valence-corrected chi connectivity index (χ1v) is 7.82. The predicted octanol–water partition coefficient (Wildman–Crippen LogP) is 4.08. The van der Waals surface area contributed by atoms with Gasteiger partial charge in [0.05, 0.1) is 5.56 Å². The third-order valence-corrected chi connectivity index (χ3v) is 4.15. The van der Waals surface area contributed by atoms with Gasteiger partial charge in [0.1, 0.15) is 0 Å². The standard InChI is InChI=1S/C18H15F3N2O3/c19-18(20,21)12-3-1-2-11(8-12)16(24)22-13-6-4-10(5-7-13)14-9-15(14)23-17(25)26/h1-8,14-15,23H,9H2,(H,22,24)(H,25,26)/t14-,15+/m0/s1. The van der Waals surface area contributed by atoms with Crippen LogP contribution in [0.5, 0.6) is 0 Å². The minimum absolute atomic E-state index is 0.0863. The summed E-state index contributed by atoms with van der Waals surface area (Å²) in [6.07, 6.45) is -4.87. The van der Waals surface area contributed by atoms with Crippen LogP contribution in [0.15, 0.2) is 48.5 Å². The Kier molecular flexibility index (Phi) is 4.58. The summed E-state index contributed by atoms with van der Waals surface area (Å²) in [5, 5.41) is 13.6. The minimum Gasteiger partial charge on any atom is -0.465 e. The van der Waals surface area contributed by atoms with Crippen molar-refractivity contribution in [3.63, 3.8) is 0 Å². The van der Waals surface area contributed by atoms with Crippen LogP contribution in [0.3, 0.4) is 0 Å². The molecule has 0 bridgehead atoms. The summed E-state index contributed by atoms with van der Waals surface area (Å²) in [5.41, 5.74) is 0.406. The number of carboxylic acid groups (broad SMARTS) is 1. The zero-order valence-corrected chi connectivity index (χ0v) is 13.4. The van der Waals surface area contributed by atoms with Crippen LogP contribution < -0.4 is 10.6 Å². The van der Waals surface area contributed by atoms with Crippen molar-refractivity contribution < 1.29 is 27.9 Å². The van der Waals surface area contributed by atoms with Crippen LogP contribution in [-0.2, 0) is 6.18 Å². The van der Waals surface area contributed by atoms with Gasteiger partial charge in [-0.25, -0.2) is 4.79 Å². The SMILES string of the molecule is O=C(O)N[C@@H]1C[C@H]1c1ccc(NC(=O)c2cccc(C(F)(F)F)c2)cc1. The van der Waals surface area contributed by atoms with Gasteiger partial charge in [-0.05, 0) is 42.3 Å². The highest BCUT2D eigenvalue weighted by Crippen LogP contribution is 2.41. The maximum Gasteiger partial charge on any atom is 0.416 e. The molecular formula is C18H15F3N2O3. The molecule has 2 aromatic carbocycles. The van der Waals surface area contributed by atoms with E-state index in [0.717, 1.165) is 17.7 Å². The van der Waals surface area contributed by atoms with E-state index in [1.165, 1.54) is 12.1 Å². The quantitative estimate of drug-likeness (QED) is 0.765. The normalized spacial score (nSPS) is 18.9. The fourth-order valence-corrected chi connectivity index (χ4v) is 2.74. The number of carbonyl (C=O) groups is 2. The molecule has 0 heterocycles. The molecule has 0 radical (unpaired) electrons. The Morgan fingerprint density at radius 3 is 2.38 bits per heavy atom. The van der Waals surface area contributed by atoms with Crippen LogP contribution in [0.25, 0.3) is 0 Å². The molecule has 3 rings (SSSR count). The van der Waals surface area contributed by atoms with Gasteiger partial charge in [-0.1, -0.05) is 18.2 Å². The van der Waals surface area contributed by atoms with Crippen molar-refractivity contribution in [3.8, 4) is 0 Å². The lowest BCUT2D eigenvalue weighted by Crippen LogP contribution is -2.24. The maximum atomic E-state index is 12.7. The summed E-state index contributed by atoms with van der Waals surface area (Å²) in [5.74, 6) is -0.542. The van der Waals surface area contributed by atoms with Crippen molar-refractivity contribution in [2.75, 3.05) is 5.32 Å². The van der Waals surface area contributed by atoms with E-state index >= 15 is 0 Å². The van der Waals surface area contributed by atoms with E-state index in [9.17, 15) is 22.8 Å². The zero-order valence-electron chi connectivity index (χ0n) is 13.4. The molecule has 26 heavy (non-hydrogen) atoms. The number of anilines is 1. The molecular weight excluding hydrogens is 349 g/mol. The van der Waals surface area contributed by atoms with Gasteiger partial charge in [-0.3, -0.25) is 4.79 Å². The molecule has 0 unspecified atom stereocenters. The fraction of sp³-hybridized carbons (Fsp3) is 0.222. The lowest BCUT2D eigenvalue weighted by atomic mass is 10.1. The first kappa shape index (κ1) is 17.8. The first-order chi connectivity index (χ1) is 12.2. The molecule has 2 aromatic rings. The summed E-state index contributed by atoms with van der Waals surface area (Å²) in [4.78, 5) is 22.7. The first-order valence-electron chi connectivity index (χ1n) is 7.82. The second kappa shape index (κ2) is 6.70. The summed E-state index contributed by atoms with van der Waals surface area (Å²) in [7, 11) is 0. The number of hydrogen-bond donors (Lipinski definition) is 3. The number of rotatable bonds is 4. The van der Waals surface area contributed by atoms with Gasteiger partial charge in [-0.15, -0.1) is 0 Å². The van der Waals surface area contributed by atoms with E-state index in [1.807, 2.05) is 0 Å². The van der Waals surface area contributed by atoms with Gasteiger partial charge in [0.25, 0.3) is 5.91 Å². The third kappa shape index (κ3) is 4.14. The lowest BCUT2D eigenvalue weighted by molar-refractivity contribution is -0.137. The van der Waals surface area contributed by atoms with Gasteiger partial charge in [0.15, 0.2) is 0 Å². The Hall–Kier alpha value is -3.03. The molecule has 1 saturated carbocycles. The monoisotopic (exact) mass is 364 g/mol. The average Bonchev–Trinajstić information content (AvgIpc) is 3.33. The Balaban J connectivity index is 1.64. The zero-order chi connectivity index (χ0) is 18.9. The van der Waals surface area contributed by atoms with Gasteiger partial charge in [0, 0.05) is 23.2 Å². The molecule has 0 saturated heterocycles. The van der Waals surface area contributed by atoms with Crippen molar-refractivity contribution in [2.24, 2.45) is 0 Å². The van der Waals surface area contributed by atoms with E-state index in [4.69, 9.17) is 5.11 Å². The van der Waals surface area contributed by atoms with Crippen LogP contribution in [0, 0.1) is 0 Å². The number of amides is 2. The van der Waals surface area contributed by atoms with E-state index in [2.05, 4.69) is 10.6 Å². The molecule has 1 fully saturated rings. The van der Waals surface area contributed by atoms with Crippen molar-refractivity contribution in [2.45, 2.75) is 24.6 Å². The number of hydrogen-bond acceptors (Lipinski definition) is 2. The number of carbonyl (C=O) groups excluding carboxylic acids is 1.